The van der Waals surface area contributed by atoms with Crippen molar-refractivity contribution >= 4 is 11.6 Å². The van der Waals surface area contributed by atoms with Crippen LogP contribution in [0.2, 0.25) is 5.15 Å². The van der Waals surface area contributed by atoms with Gasteiger partial charge in [0.25, 0.3) is 0 Å². The number of hydrogen-bond donors (Lipinski definition) is 1. The van der Waals surface area contributed by atoms with Gasteiger partial charge in [0.1, 0.15) is 10.8 Å². The molecule has 3 aliphatic heterocycles. The van der Waals surface area contributed by atoms with E-state index in [1.807, 2.05) is 6.07 Å². The van der Waals surface area contributed by atoms with E-state index in [2.05, 4.69) is 16.4 Å². The quantitative estimate of drug-likeness (QED) is 0.700. The fourth-order valence-corrected chi connectivity index (χ4v) is 3.72. The van der Waals surface area contributed by atoms with Gasteiger partial charge < -0.3 is 10.1 Å². The van der Waals surface area contributed by atoms with Crippen molar-refractivity contribution in [1.29, 1.82) is 0 Å². The van der Waals surface area contributed by atoms with Crippen LogP contribution in [-0.4, -0.2) is 17.1 Å². The third-order valence-corrected chi connectivity index (χ3v) is 4.43. The molecule has 0 aromatic carbocycles. The van der Waals surface area contributed by atoms with Gasteiger partial charge >= 0.3 is 0 Å². The van der Waals surface area contributed by atoms with Gasteiger partial charge in [-0.05, 0) is 25.3 Å². The Labute approximate surface area is 99.2 Å². The minimum atomic E-state index is -0.101. The van der Waals surface area contributed by atoms with E-state index in [4.69, 9.17) is 16.3 Å². The first-order valence-electron chi connectivity index (χ1n) is 5.84. The lowest BCUT2D eigenvalue weighted by Gasteiger charge is -2.32. The first kappa shape index (κ1) is 9.40. The van der Waals surface area contributed by atoms with Crippen LogP contribution in [0.1, 0.15) is 30.5 Å². The molecule has 2 bridgehead atoms. The van der Waals surface area contributed by atoms with Gasteiger partial charge in [-0.1, -0.05) is 17.7 Å². The standard InChI is InChI=1S/C12H13ClN2O/c13-11-4-2-8-9(15-11)6-16-12(8)5-7-1-3-10(12)14-7/h2,4,7,10,14H,1,3,5-6H2. The van der Waals surface area contributed by atoms with Crippen LogP contribution in [0.3, 0.4) is 0 Å². The summed E-state index contributed by atoms with van der Waals surface area (Å²) in [5.41, 5.74) is 2.19. The normalized spacial score (nSPS) is 39.6. The molecular formula is C12H13ClN2O. The Morgan fingerprint density at radius 3 is 3.12 bits per heavy atom. The van der Waals surface area contributed by atoms with E-state index in [1.54, 1.807) is 0 Å². The van der Waals surface area contributed by atoms with Crippen molar-refractivity contribution in [1.82, 2.24) is 10.3 Å². The van der Waals surface area contributed by atoms with Gasteiger partial charge in [0.05, 0.1) is 12.3 Å². The molecule has 0 saturated carbocycles. The molecule has 2 fully saturated rings. The number of nitrogens with one attached hydrogen (secondary N) is 1. The second kappa shape index (κ2) is 2.97. The maximum Gasteiger partial charge on any atom is 0.129 e. The predicted molar refractivity (Wildman–Crippen MR) is 60.3 cm³/mol. The molecule has 4 heterocycles. The number of aromatic nitrogens is 1. The van der Waals surface area contributed by atoms with Crippen molar-refractivity contribution < 1.29 is 4.74 Å². The number of halogens is 1. The minimum Gasteiger partial charge on any atom is -0.362 e. The van der Waals surface area contributed by atoms with Crippen LogP contribution in [0.15, 0.2) is 12.1 Å². The average molecular weight is 237 g/mol. The van der Waals surface area contributed by atoms with E-state index in [9.17, 15) is 0 Å². The van der Waals surface area contributed by atoms with Crippen molar-refractivity contribution in [2.45, 2.75) is 43.6 Å². The zero-order chi connectivity index (χ0) is 10.8. The number of pyridine rings is 1. The summed E-state index contributed by atoms with van der Waals surface area (Å²) >= 11 is 5.92. The Hall–Kier alpha value is -0.640. The highest BCUT2D eigenvalue weighted by molar-refractivity contribution is 6.29. The van der Waals surface area contributed by atoms with Gasteiger partial charge in [-0.15, -0.1) is 0 Å². The van der Waals surface area contributed by atoms with Gasteiger partial charge in [-0.2, -0.15) is 0 Å². The summed E-state index contributed by atoms with van der Waals surface area (Å²) in [4.78, 5) is 4.37. The first-order valence-corrected chi connectivity index (χ1v) is 6.22. The highest BCUT2D eigenvalue weighted by Crippen LogP contribution is 2.50. The lowest BCUT2D eigenvalue weighted by molar-refractivity contribution is -0.0553. The minimum absolute atomic E-state index is 0.101. The van der Waals surface area contributed by atoms with Crippen molar-refractivity contribution in [2.24, 2.45) is 0 Å². The summed E-state index contributed by atoms with van der Waals surface area (Å²) in [5.74, 6) is 0. The maximum atomic E-state index is 6.08. The van der Waals surface area contributed by atoms with Crippen molar-refractivity contribution in [3.05, 3.63) is 28.5 Å². The van der Waals surface area contributed by atoms with E-state index >= 15 is 0 Å². The van der Waals surface area contributed by atoms with Gasteiger partial charge in [0.15, 0.2) is 0 Å². The average Bonchev–Trinajstić information content (AvgIpc) is 2.94. The Morgan fingerprint density at radius 2 is 2.38 bits per heavy atom. The fourth-order valence-electron chi connectivity index (χ4n) is 3.56. The van der Waals surface area contributed by atoms with Gasteiger partial charge in [-0.25, -0.2) is 4.98 Å². The van der Waals surface area contributed by atoms with Gasteiger partial charge in [-0.3, -0.25) is 0 Å². The molecule has 3 nitrogen and oxygen atoms in total. The summed E-state index contributed by atoms with van der Waals surface area (Å²) in [6, 6.07) is 5.08. The summed E-state index contributed by atoms with van der Waals surface area (Å²) in [5, 5.41) is 4.20. The highest BCUT2D eigenvalue weighted by atomic mass is 35.5. The topological polar surface area (TPSA) is 34.1 Å². The molecule has 0 aliphatic carbocycles. The zero-order valence-corrected chi connectivity index (χ0v) is 9.63. The SMILES string of the molecule is Clc1ccc2c(n1)COC21CC2CCC1N2. The molecule has 2 saturated heterocycles. The lowest BCUT2D eigenvalue weighted by atomic mass is 9.80. The van der Waals surface area contributed by atoms with Crippen LogP contribution >= 0.6 is 11.6 Å². The third-order valence-electron chi connectivity index (χ3n) is 4.22. The fraction of sp³-hybridized carbons (Fsp3) is 0.583. The van der Waals surface area contributed by atoms with Crippen LogP contribution < -0.4 is 5.32 Å². The van der Waals surface area contributed by atoms with E-state index < -0.39 is 0 Å². The second-order valence-electron chi connectivity index (χ2n) is 5.00. The monoisotopic (exact) mass is 236 g/mol. The summed E-state index contributed by atoms with van der Waals surface area (Å²) in [6.07, 6.45) is 3.59. The summed E-state index contributed by atoms with van der Waals surface area (Å²) in [6.45, 7) is 0.612. The molecular weight excluding hydrogens is 224 g/mol. The molecule has 1 aromatic rings. The second-order valence-corrected chi connectivity index (χ2v) is 5.39. The molecule has 0 radical (unpaired) electrons. The lowest BCUT2D eigenvalue weighted by Crippen LogP contribution is -2.38. The van der Waals surface area contributed by atoms with Crippen LogP contribution in [0.5, 0.6) is 0 Å². The molecule has 16 heavy (non-hydrogen) atoms. The molecule has 3 unspecified atom stereocenters. The van der Waals surface area contributed by atoms with Crippen LogP contribution in [0, 0.1) is 0 Å². The molecule has 3 aliphatic rings. The largest absolute Gasteiger partial charge is 0.362 e. The van der Waals surface area contributed by atoms with E-state index in [-0.39, 0.29) is 5.60 Å². The smallest absolute Gasteiger partial charge is 0.129 e. The number of hydrogen-bond acceptors (Lipinski definition) is 3. The Morgan fingerprint density at radius 1 is 1.44 bits per heavy atom. The van der Waals surface area contributed by atoms with Gasteiger partial charge in [0, 0.05) is 17.6 Å². The van der Waals surface area contributed by atoms with Crippen molar-refractivity contribution in [3.8, 4) is 0 Å². The Kier molecular flexibility index (Phi) is 1.75. The van der Waals surface area contributed by atoms with Gasteiger partial charge in [0.2, 0.25) is 0 Å². The van der Waals surface area contributed by atoms with Crippen LogP contribution in [-0.2, 0) is 16.9 Å². The Balaban J connectivity index is 1.84. The first-order chi connectivity index (χ1) is 7.78. The van der Waals surface area contributed by atoms with Crippen molar-refractivity contribution in [2.75, 3.05) is 0 Å². The molecule has 1 N–H and O–H groups in total. The van der Waals surface area contributed by atoms with Crippen molar-refractivity contribution in [3.63, 3.8) is 0 Å². The zero-order valence-electron chi connectivity index (χ0n) is 8.87. The molecule has 4 heteroatoms. The third kappa shape index (κ3) is 1.04. The molecule has 4 rings (SSSR count). The van der Waals surface area contributed by atoms with Crippen LogP contribution in [0.25, 0.3) is 0 Å². The van der Waals surface area contributed by atoms with E-state index in [1.165, 1.54) is 18.4 Å². The number of ether oxygens (including phenoxy) is 1. The molecule has 84 valence electrons. The van der Waals surface area contributed by atoms with E-state index in [0.717, 1.165) is 12.1 Å². The number of fused-ring (bicyclic) bond motifs is 5. The summed E-state index contributed by atoms with van der Waals surface area (Å²) in [7, 11) is 0. The predicted octanol–water partition coefficient (Wildman–Crippen LogP) is 1.98. The van der Waals surface area contributed by atoms with E-state index in [0.29, 0.717) is 23.8 Å². The molecule has 1 spiro atoms. The highest BCUT2D eigenvalue weighted by Gasteiger charge is 2.56. The molecule has 1 aromatic heterocycles. The summed E-state index contributed by atoms with van der Waals surface area (Å²) < 4.78 is 6.08. The number of rotatable bonds is 0. The molecule has 0 amide bonds. The molecule has 3 atom stereocenters. The number of nitrogens with zero attached hydrogens (tertiary/aromatic N) is 1. The van der Waals surface area contributed by atoms with Crippen LogP contribution in [0.4, 0.5) is 0 Å². The maximum absolute atomic E-state index is 6.08. The Bertz CT molecular complexity index is 464.